The van der Waals surface area contributed by atoms with Crippen LogP contribution in [0.25, 0.3) is 0 Å². The number of allylic oxidation sites excluding steroid dienone is 1. The van der Waals surface area contributed by atoms with Gasteiger partial charge in [0.1, 0.15) is 0 Å². The largest absolute Gasteiger partial charge is 0.328 e. The Morgan fingerprint density at radius 3 is 2.47 bits per heavy atom. The molecule has 0 saturated carbocycles. The van der Waals surface area contributed by atoms with E-state index >= 15 is 0 Å². The fourth-order valence-corrected chi connectivity index (χ4v) is 2.42. The highest BCUT2D eigenvalue weighted by molar-refractivity contribution is 5.84. The fourth-order valence-electron chi connectivity index (χ4n) is 2.42. The minimum absolute atomic E-state index is 0.0144. The summed E-state index contributed by atoms with van der Waals surface area (Å²) in [5, 5.41) is 3.11. The van der Waals surface area contributed by atoms with Crippen molar-refractivity contribution in [2.24, 2.45) is 5.92 Å². The number of carbonyl (C=O) groups excluding carboxylic acids is 1. The van der Waals surface area contributed by atoms with Crippen molar-refractivity contribution in [1.29, 1.82) is 0 Å². The lowest BCUT2D eigenvalue weighted by molar-refractivity contribution is -0.125. The molecule has 1 heterocycles. The molecule has 3 heteroatoms. The quantitative estimate of drug-likeness (QED) is 0.816. The molecule has 0 aromatic heterocycles. The molecule has 0 saturated heterocycles. The maximum Gasteiger partial charge on any atom is 0.241 e. The van der Waals surface area contributed by atoms with E-state index in [4.69, 9.17) is 0 Å². The summed E-state index contributed by atoms with van der Waals surface area (Å²) in [6.45, 7) is 9.51. The third kappa shape index (κ3) is 3.56. The molecule has 1 aliphatic heterocycles. The van der Waals surface area contributed by atoms with Crippen LogP contribution in [-0.4, -0.2) is 30.4 Å². The van der Waals surface area contributed by atoms with Crippen LogP contribution in [0.3, 0.4) is 0 Å². The second-order valence-corrected chi connectivity index (χ2v) is 5.34. The average molecular weight is 238 g/mol. The van der Waals surface area contributed by atoms with Gasteiger partial charge in [0, 0.05) is 12.2 Å². The van der Waals surface area contributed by atoms with Crippen LogP contribution in [0.4, 0.5) is 0 Å². The Bertz CT molecular complexity index is 307. The molecule has 0 unspecified atom stereocenters. The van der Waals surface area contributed by atoms with E-state index in [0.717, 1.165) is 31.5 Å². The Morgan fingerprint density at radius 2 is 2.00 bits per heavy atom. The summed E-state index contributed by atoms with van der Waals surface area (Å²) in [6, 6.07) is 0.0144. The van der Waals surface area contributed by atoms with Crippen molar-refractivity contribution in [1.82, 2.24) is 10.2 Å². The molecule has 0 aliphatic carbocycles. The summed E-state index contributed by atoms with van der Waals surface area (Å²) >= 11 is 0. The molecule has 3 nitrogen and oxygen atoms in total. The topological polar surface area (TPSA) is 32.3 Å². The van der Waals surface area contributed by atoms with Gasteiger partial charge in [0.15, 0.2) is 0 Å². The van der Waals surface area contributed by atoms with Gasteiger partial charge in [-0.25, -0.2) is 0 Å². The van der Waals surface area contributed by atoms with Gasteiger partial charge in [0.2, 0.25) is 5.91 Å². The van der Waals surface area contributed by atoms with Crippen LogP contribution in [-0.2, 0) is 4.79 Å². The van der Waals surface area contributed by atoms with E-state index < -0.39 is 0 Å². The maximum atomic E-state index is 12.2. The van der Waals surface area contributed by atoms with E-state index in [1.54, 1.807) is 0 Å². The molecular formula is C14H26N2O. The normalized spacial score (nSPS) is 22.9. The van der Waals surface area contributed by atoms with Gasteiger partial charge in [0.05, 0.1) is 6.04 Å². The molecule has 98 valence electrons. The highest BCUT2D eigenvalue weighted by Gasteiger charge is 2.28. The molecule has 0 fully saturated rings. The highest BCUT2D eigenvalue weighted by atomic mass is 16.2. The molecular weight excluding hydrogens is 212 g/mol. The van der Waals surface area contributed by atoms with Gasteiger partial charge < -0.3 is 5.32 Å². The van der Waals surface area contributed by atoms with Gasteiger partial charge in [-0.3, -0.25) is 9.69 Å². The summed E-state index contributed by atoms with van der Waals surface area (Å²) in [6.07, 6.45) is 2.86. The molecule has 17 heavy (non-hydrogen) atoms. The Labute approximate surface area is 105 Å². The van der Waals surface area contributed by atoms with Gasteiger partial charge in [-0.1, -0.05) is 27.7 Å². The van der Waals surface area contributed by atoms with Crippen LogP contribution in [0, 0.1) is 5.92 Å². The SMILES string of the molecule is CCC1=C(CC)NC(=O)[C@@H](CC(C)C)N(C)C1. The van der Waals surface area contributed by atoms with Gasteiger partial charge in [0.25, 0.3) is 0 Å². The molecule has 0 bridgehead atoms. The molecule has 0 aromatic rings. The predicted molar refractivity (Wildman–Crippen MR) is 71.6 cm³/mol. The number of likely N-dealkylation sites (N-methyl/N-ethyl adjacent to an activating group) is 1. The summed E-state index contributed by atoms with van der Waals surface area (Å²) in [5.41, 5.74) is 2.50. The summed E-state index contributed by atoms with van der Waals surface area (Å²) in [7, 11) is 2.06. The fraction of sp³-hybridized carbons (Fsp3) is 0.786. The van der Waals surface area contributed by atoms with Gasteiger partial charge in [-0.05, 0) is 37.8 Å². The smallest absolute Gasteiger partial charge is 0.241 e. The van der Waals surface area contributed by atoms with E-state index in [1.165, 1.54) is 5.57 Å². The molecule has 0 spiro atoms. The summed E-state index contributed by atoms with van der Waals surface area (Å²) < 4.78 is 0. The van der Waals surface area contributed by atoms with Crippen molar-refractivity contribution < 1.29 is 4.79 Å². The Kier molecular flexibility index (Phi) is 5.19. The Balaban J connectivity index is 2.89. The predicted octanol–water partition coefficient (Wildman–Crippen LogP) is 2.54. The third-order valence-electron chi connectivity index (χ3n) is 3.45. The number of rotatable bonds is 4. The van der Waals surface area contributed by atoms with Gasteiger partial charge in [-0.15, -0.1) is 0 Å². The molecule has 0 aromatic carbocycles. The third-order valence-corrected chi connectivity index (χ3v) is 3.45. The zero-order chi connectivity index (χ0) is 13.0. The standard InChI is InChI=1S/C14H26N2O/c1-6-11-9-16(5)13(8-10(3)4)14(17)15-12(11)7-2/h10,13H,6-9H2,1-5H3,(H,15,17)/t13-/m1/s1. The minimum atomic E-state index is 0.0144. The molecule has 1 atom stereocenters. The van der Waals surface area contributed by atoms with Crippen molar-refractivity contribution in [2.75, 3.05) is 13.6 Å². The van der Waals surface area contributed by atoms with Crippen molar-refractivity contribution in [3.8, 4) is 0 Å². The lowest BCUT2D eigenvalue weighted by Gasteiger charge is -2.26. The van der Waals surface area contributed by atoms with Crippen molar-refractivity contribution >= 4 is 5.91 Å². The van der Waals surface area contributed by atoms with Crippen LogP contribution < -0.4 is 5.32 Å². The van der Waals surface area contributed by atoms with Crippen molar-refractivity contribution in [2.45, 2.75) is 53.0 Å². The van der Waals surface area contributed by atoms with Crippen LogP contribution >= 0.6 is 0 Å². The van der Waals surface area contributed by atoms with E-state index in [0.29, 0.717) is 5.92 Å². The number of amides is 1. The van der Waals surface area contributed by atoms with Crippen LogP contribution in [0.2, 0.25) is 0 Å². The summed E-state index contributed by atoms with van der Waals surface area (Å²) in [4.78, 5) is 14.4. The average Bonchev–Trinajstić information content (AvgIpc) is 2.39. The zero-order valence-corrected chi connectivity index (χ0v) is 11.8. The lowest BCUT2D eigenvalue weighted by Crippen LogP contribution is -2.43. The molecule has 0 radical (unpaired) electrons. The van der Waals surface area contributed by atoms with E-state index in [1.807, 2.05) is 0 Å². The number of carbonyl (C=O) groups is 1. The molecule has 1 aliphatic rings. The maximum absolute atomic E-state index is 12.2. The number of nitrogens with zero attached hydrogens (tertiary/aromatic N) is 1. The number of hydrogen-bond acceptors (Lipinski definition) is 2. The number of nitrogens with one attached hydrogen (secondary N) is 1. The minimum Gasteiger partial charge on any atom is -0.328 e. The molecule has 1 rings (SSSR count). The molecule has 1 N–H and O–H groups in total. The van der Waals surface area contributed by atoms with Crippen molar-refractivity contribution in [3.63, 3.8) is 0 Å². The monoisotopic (exact) mass is 238 g/mol. The van der Waals surface area contributed by atoms with Gasteiger partial charge >= 0.3 is 0 Å². The second kappa shape index (κ2) is 6.20. The summed E-state index contributed by atoms with van der Waals surface area (Å²) in [5.74, 6) is 0.711. The van der Waals surface area contributed by atoms with Crippen molar-refractivity contribution in [3.05, 3.63) is 11.3 Å². The zero-order valence-electron chi connectivity index (χ0n) is 11.8. The van der Waals surface area contributed by atoms with Crippen LogP contribution in [0.15, 0.2) is 11.3 Å². The van der Waals surface area contributed by atoms with Crippen LogP contribution in [0.5, 0.6) is 0 Å². The van der Waals surface area contributed by atoms with Crippen LogP contribution in [0.1, 0.15) is 47.0 Å². The second-order valence-electron chi connectivity index (χ2n) is 5.34. The van der Waals surface area contributed by atoms with E-state index in [9.17, 15) is 4.79 Å². The first-order valence-corrected chi connectivity index (χ1v) is 6.71. The van der Waals surface area contributed by atoms with E-state index in [-0.39, 0.29) is 11.9 Å². The Hall–Kier alpha value is -0.830. The first kappa shape index (κ1) is 14.2. The highest BCUT2D eigenvalue weighted by Crippen LogP contribution is 2.20. The van der Waals surface area contributed by atoms with E-state index in [2.05, 4.69) is 45.0 Å². The first-order chi connectivity index (χ1) is 7.99. The lowest BCUT2D eigenvalue weighted by atomic mass is 10.0. The number of hydrogen-bond donors (Lipinski definition) is 1. The Morgan fingerprint density at radius 1 is 1.35 bits per heavy atom. The molecule has 1 amide bonds. The van der Waals surface area contributed by atoms with Gasteiger partial charge in [-0.2, -0.15) is 0 Å². The first-order valence-electron chi connectivity index (χ1n) is 6.71.